The van der Waals surface area contributed by atoms with E-state index in [-0.39, 0.29) is 6.42 Å². The number of carbonyl (C=O) groups is 1. The summed E-state index contributed by atoms with van der Waals surface area (Å²) in [7, 11) is 0. The minimum atomic E-state index is -0.902. The molecule has 0 aliphatic carbocycles. The van der Waals surface area contributed by atoms with E-state index >= 15 is 0 Å². The summed E-state index contributed by atoms with van der Waals surface area (Å²) in [4.78, 5) is 14.3. The van der Waals surface area contributed by atoms with Crippen molar-refractivity contribution in [3.8, 4) is 0 Å². The molecule has 1 rings (SSSR count). The summed E-state index contributed by atoms with van der Waals surface area (Å²) < 4.78 is 0.658. The predicted octanol–water partition coefficient (Wildman–Crippen LogP) is 1.32. The van der Waals surface area contributed by atoms with E-state index in [1.807, 2.05) is 0 Å². The van der Waals surface area contributed by atoms with E-state index in [2.05, 4.69) is 20.9 Å². The molecule has 1 aromatic rings. The summed E-state index contributed by atoms with van der Waals surface area (Å²) >= 11 is 3.18. The lowest BCUT2D eigenvalue weighted by Crippen LogP contribution is -2.14. The number of halogens is 1. The summed E-state index contributed by atoms with van der Waals surface area (Å²) in [6.07, 6.45) is 1.51. The van der Waals surface area contributed by atoms with Crippen LogP contribution in [0.5, 0.6) is 0 Å². The molecule has 4 nitrogen and oxygen atoms in total. The van der Waals surface area contributed by atoms with Crippen molar-refractivity contribution in [2.24, 2.45) is 5.73 Å². The summed E-state index contributed by atoms with van der Waals surface area (Å²) in [6.45, 7) is 0. The average molecular weight is 245 g/mol. The Balaban J connectivity index is 2.76. The first-order chi connectivity index (χ1) is 6.09. The molecule has 0 aliphatic heterocycles. The third kappa shape index (κ3) is 3.12. The van der Waals surface area contributed by atoms with E-state index in [4.69, 9.17) is 10.8 Å². The van der Waals surface area contributed by atoms with Gasteiger partial charge >= 0.3 is 5.97 Å². The number of aliphatic carboxylic acids is 1. The van der Waals surface area contributed by atoms with Crippen LogP contribution in [0.2, 0.25) is 0 Å². The Hall–Kier alpha value is -0.940. The van der Waals surface area contributed by atoms with Gasteiger partial charge in [-0.3, -0.25) is 4.79 Å². The first kappa shape index (κ1) is 10.1. The van der Waals surface area contributed by atoms with E-state index in [1.165, 1.54) is 0 Å². The van der Waals surface area contributed by atoms with Gasteiger partial charge in [0.25, 0.3) is 0 Å². The minimum absolute atomic E-state index is 0.0730. The topological polar surface area (TPSA) is 76.2 Å². The lowest BCUT2D eigenvalue weighted by atomic mass is 10.1. The van der Waals surface area contributed by atoms with Gasteiger partial charge in [0.15, 0.2) is 0 Å². The van der Waals surface area contributed by atoms with Gasteiger partial charge < -0.3 is 10.8 Å². The molecule has 0 unspecified atom stereocenters. The van der Waals surface area contributed by atoms with E-state index < -0.39 is 12.0 Å². The molecule has 0 fully saturated rings. The number of carboxylic acid groups (broad SMARTS) is 1. The van der Waals surface area contributed by atoms with Crippen LogP contribution in [0.25, 0.3) is 0 Å². The van der Waals surface area contributed by atoms with Crippen LogP contribution in [-0.4, -0.2) is 16.1 Å². The minimum Gasteiger partial charge on any atom is -0.481 e. The number of nitrogens with two attached hydrogens (primary N) is 1. The van der Waals surface area contributed by atoms with Crippen molar-refractivity contribution < 1.29 is 9.90 Å². The van der Waals surface area contributed by atoms with Crippen LogP contribution >= 0.6 is 15.9 Å². The second-order valence-corrected chi connectivity index (χ2v) is 3.43. The van der Waals surface area contributed by atoms with Gasteiger partial charge in [0.05, 0.1) is 6.42 Å². The largest absolute Gasteiger partial charge is 0.481 e. The Kier molecular flexibility index (Phi) is 3.39. The van der Waals surface area contributed by atoms with Crippen molar-refractivity contribution in [2.75, 3.05) is 0 Å². The number of rotatable bonds is 3. The fraction of sp³-hybridized carbons (Fsp3) is 0.250. The molecule has 0 spiro atoms. The van der Waals surface area contributed by atoms with Crippen molar-refractivity contribution in [1.82, 2.24) is 4.98 Å². The van der Waals surface area contributed by atoms with Crippen LogP contribution in [0.1, 0.15) is 18.0 Å². The maximum Gasteiger partial charge on any atom is 0.305 e. The molecule has 3 N–H and O–H groups in total. The fourth-order valence-electron chi connectivity index (χ4n) is 0.954. The standard InChI is InChI=1S/C8H9BrN2O2/c9-7-3-5(1-2-11-7)6(10)4-8(12)13/h1-3,6H,4,10H2,(H,12,13)/t6-/m0/s1. The summed E-state index contributed by atoms with van der Waals surface area (Å²) in [5, 5.41) is 8.51. The molecule has 0 aliphatic rings. The molecule has 1 atom stereocenters. The molecule has 1 heterocycles. The Bertz CT molecular complexity index is 317. The van der Waals surface area contributed by atoms with E-state index in [1.54, 1.807) is 18.3 Å². The highest BCUT2D eigenvalue weighted by atomic mass is 79.9. The summed E-state index contributed by atoms with van der Waals surface area (Å²) in [6, 6.07) is 2.95. The van der Waals surface area contributed by atoms with E-state index in [0.717, 1.165) is 5.56 Å². The van der Waals surface area contributed by atoms with Gasteiger partial charge in [-0.2, -0.15) is 0 Å². The SMILES string of the molecule is N[C@@H](CC(=O)O)c1ccnc(Br)c1. The maximum atomic E-state index is 10.4. The van der Waals surface area contributed by atoms with Crippen LogP contribution < -0.4 is 5.73 Å². The third-order valence-corrected chi connectivity index (χ3v) is 2.01. The van der Waals surface area contributed by atoms with Gasteiger partial charge in [0.1, 0.15) is 4.60 Å². The molecular weight excluding hydrogens is 236 g/mol. The van der Waals surface area contributed by atoms with Crippen LogP contribution in [0.15, 0.2) is 22.9 Å². The predicted molar refractivity (Wildman–Crippen MR) is 51.1 cm³/mol. The van der Waals surface area contributed by atoms with Gasteiger partial charge in [-0.05, 0) is 33.6 Å². The van der Waals surface area contributed by atoms with E-state index in [0.29, 0.717) is 4.60 Å². The zero-order valence-corrected chi connectivity index (χ0v) is 8.36. The first-order valence-corrected chi connectivity index (χ1v) is 4.47. The Morgan fingerprint density at radius 1 is 1.77 bits per heavy atom. The number of aromatic nitrogens is 1. The molecule has 0 aromatic carbocycles. The second kappa shape index (κ2) is 4.34. The van der Waals surface area contributed by atoms with Gasteiger partial charge in [0.2, 0.25) is 0 Å². The fourth-order valence-corrected chi connectivity index (χ4v) is 1.34. The van der Waals surface area contributed by atoms with E-state index in [9.17, 15) is 4.79 Å². The highest BCUT2D eigenvalue weighted by molar-refractivity contribution is 9.10. The smallest absolute Gasteiger partial charge is 0.305 e. The van der Waals surface area contributed by atoms with Gasteiger partial charge in [-0.1, -0.05) is 0 Å². The molecule has 0 saturated carbocycles. The third-order valence-electron chi connectivity index (χ3n) is 1.57. The average Bonchev–Trinajstić information content (AvgIpc) is 2.03. The van der Waals surface area contributed by atoms with Crippen molar-refractivity contribution in [1.29, 1.82) is 0 Å². The van der Waals surface area contributed by atoms with Crippen LogP contribution in [0, 0.1) is 0 Å². The molecule has 70 valence electrons. The quantitative estimate of drug-likeness (QED) is 0.787. The molecule has 5 heteroatoms. The first-order valence-electron chi connectivity index (χ1n) is 3.68. The zero-order valence-electron chi connectivity index (χ0n) is 6.77. The van der Waals surface area contributed by atoms with Crippen molar-refractivity contribution in [3.63, 3.8) is 0 Å². The molecule has 1 aromatic heterocycles. The second-order valence-electron chi connectivity index (χ2n) is 2.62. The molecule has 0 bridgehead atoms. The highest BCUT2D eigenvalue weighted by Crippen LogP contribution is 2.16. The lowest BCUT2D eigenvalue weighted by Gasteiger charge is -2.08. The van der Waals surface area contributed by atoms with Gasteiger partial charge in [-0.15, -0.1) is 0 Å². The van der Waals surface area contributed by atoms with Gasteiger partial charge in [-0.25, -0.2) is 4.98 Å². The Morgan fingerprint density at radius 2 is 2.46 bits per heavy atom. The molecule has 0 radical (unpaired) electrons. The number of carboxylic acids is 1. The Morgan fingerprint density at radius 3 is 3.00 bits per heavy atom. The highest BCUT2D eigenvalue weighted by Gasteiger charge is 2.10. The summed E-state index contributed by atoms with van der Waals surface area (Å²) in [5.74, 6) is -0.902. The normalized spacial score (nSPS) is 12.5. The number of hydrogen-bond acceptors (Lipinski definition) is 3. The number of hydrogen-bond donors (Lipinski definition) is 2. The molecule has 0 amide bonds. The molecular formula is C8H9BrN2O2. The monoisotopic (exact) mass is 244 g/mol. The van der Waals surface area contributed by atoms with Crippen LogP contribution in [0.3, 0.4) is 0 Å². The lowest BCUT2D eigenvalue weighted by molar-refractivity contribution is -0.137. The Labute approximate surface area is 83.9 Å². The summed E-state index contributed by atoms with van der Waals surface area (Å²) in [5.41, 5.74) is 6.40. The van der Waals surface area contributed by atoms with Gasteiger partial charge in [0, 0.05) is 12.2 Å². The number of nitrogens with zero attached hydrogens (tertiary/aromatic N) is 1. The van der Waals surface area contributed by atoms with Crippen molar-refractivity contribution in [2.45, 2.75) is 12.5 Å². The van der Waals surface area contributed by atoms with Crippen molar-refractivity contribution in [3.05, 3.63) is 28.5 Å². The van der Waals surface area contributed by atoms with Crippen LogP contribution in [0.4, 0.5) is 0 Å². The maximum absolute atomic E-state index is 10.4. The van der Waals surface area contributed by atoms with Crippen molar-refractivity contribution >= 4 is 21.9 Å². The number of pyridine rings is 1. The molecule has 0 saturated heterocycles. The zero-order chi connectivity index (χ0) is 9.84. The molecule has 13 heavy (non-hydrogen) atoms. The van der Waals surface area contributed by atoms with Crippen LogP contribution in [-0.2, 0) is 4.79 Å².